The van der Waals surface area contributed by atoms with Crippen molar-refractivity contribution in [3.05, 3.63) is 16.5 Å². The summed E-state index contributed by atoms with van der Waals surface area (Å²) >= 11 is 3.20. The van der Waals surface area contributed by atoms with Gasteiger partial charge in [0, 0.05) is 18.7 Å². The molecule has 2 atom stereocenters. The van der Waals surface area contributed by atoms with Gasteiger partial charge in [0.1, 0.15) is 10.7 Å². The van der Waals surface area contributed by atoms with Crippen molar-refractivity contribution in [2.75, 3.05) is 6.54 Å². The number of hydrogen-bond acceptors (Lipinski definition) is 4. The minimum Gasteiger partial charge on any atom is -0.452 e. The normalized spacial score (nSPS) is 25.9. The predicted octanol–water partition coefficient (Wildman–Crippen LogP) is 2.23. The molecule has 0 radical (unpaired) electrons. The molecule has 2 fully saturated rings. The van der Waals surface area contributed by atoms with Crippen LogP contribution in [0.3, 0.4) is 0 Å². The number of rotatable bonds is 7. The van der Waals surface area contributed by atoms with Crippen LogP contribution in [0.15, 0.2) is 20.0 Å². The molecule has 2 saturated carbocycles. The first-order valence-corrected chi connectivity index (χ1v) is 9.24. The van der Waals surface area contributed by atoms with Gasteiger partial charge in [0.15, 0.2) is 4.67 Å². The van der Waals surface area contributed by atoms with E-state index in [9.17, 15) is 8.42 Å². The fraction of sp³-hybridized carbons (Fsp3) is 0.692. The molecule has 2 N–H and O–H groups in total. The molecule has 0 bridgehead atoms. The van der Waals surface area contributed by atoms with Crippen LogP contribution in [0.5, 0.6) is 0 Å². The Balaban J connectivity index is 1.64. The van der Waals surface area contributed by atoms with Gasteiger partial charge in [-0.3, -0.25) is 0 Å². The van der Waals surface area contributed by atoms with Crippen LogP contribution in [-0.2, 0) is 16.6 Å². The van der Waals surface area contributed by atoms with Crippen LogP contribution in [0.1, 0.15) is 31.9 Å². The summed E-state index contributed by atoms with van der Waals surface area (Å²) in [6, 6.07) is 2.16. The third-order valence-electron chi connectivity index (χ3n) is 3.95. The Bertz CT molecular complexity index is 595. The average molecular weight is 363 g/mol. The zero-order valence-electron chi connectivity index (χ0n) is 11.4. The van der Waals surface area contributed by atoms with Gasteiger partial charge in [-0.25, -0.2) is 13.1 Å². The van der Waals surface area contributed by atoms with Gasteiger partial charge in [-0.15, -0.1) is 0 Å². The summed E-state index contributed by atoms with van der Waals surface area (Å²) in [5.74, 6) is 1.75. The van der Waals surface area contributed by atoms with E-state index >= 15 is 0 Å². The van der Waals surface area contributed by atoms with E-state index in [2.05, 4.69) is 32.9 Å². The van der Waals surface area contributed by atoms with Crippen molar-refractivity contribution in [2.45, 2.75) is 43.7 Å². The third kappa shape index (κ3) is 3.44. The lowest BCUT2D eigenvalue weighted by Gasteiger charge is -2.03. The van der Waals surface area contributed by atoms with E-state index in [0.29, 0.717) is 36.7 Å². The van der Waals surface area contributed by atoms with Crippen molar-refractivity contribution < 1.29 is 12.8 Å². The van der Waals surface area contributed by atoms with Gasteiger partial charge in [-0.1, -0.05) is 6.92 Å². The molecular weight excluding hydrogens is 344 g/mol. The first-order valence-electron chi connectivity index (χ1n) is 6.97. The summed E-state index contributed by atoms with van der Waals surface area (Å²) in [4.78, 5) is 0.193. The number of nitrogens with one attached hydrogen (secondary N) is 2. The summed E-state index contributed by atoms with van der Waals surface area (Å²) in [6.45, 7) is 3.21. The Hall–Kier alpha value is -0.370. The van der Waals surface area contributed by atoms with Crippen molar-refractivity contribution in [3.8, 4) is 0 Å². The summed E-state index contributed by atoms with van der Waals surface area (Å²) in [5, 5.41) is 3.30. The molecule has 20 heavy (non-hydrogen) atoms. The minimum atomic E-state index is -3.49. The first kappa shape index (κ1) is 14.6. The highest BCUT2D eigenvalue weighted by Crippen LogP contribution is 2.37. The quantitative estimate of drug-likeness (QED) is 0.779. The average Bonchev–Trinajstić information content (AvgIpc) is 3.28. The maximum absolute atomic E-state index is 12.2. The molecular formula is C13H19BrN2O3S. The van der Waals surface area contributed by atoms with Crippen LogP contribution in [0.25, 0.3) is 0 Å². The van der Waals surface area contributed by atoms with E-state index in [1.54, 1.807) is 6.07 Å². The highest BCUT2D eigenvalue weighted by Gasteiger charge is 2.34. The maximum Gasteiger partial charge on any atom is 0.244 e. The zero-order valence-corrected chi connectivity index (χ0v) is 13.8. The molecule has 2 unspecified atom stereocenters. The number of halogens is 1. The summed E-state index contributed by atoms with van der Waals surface area (Å²) in [6.07, 6.45) is 3.48. The van der Waals surface area contributed by atoms with E-state index < -0.39 is 10.0 Å². The summed E-state index contributed by atoms with van der Waals surface area (Å²) in [7, 11) is -3.49. The molecule has 1 heterocycles. The maximum atomic E-state index is 12.2. The van der Waals surface area contributed by atoms with E-state index in [1.165, 1.54) is 12.8 Å². The number of sulfonamides is 1. The summed E-state index contributed by atoms with van der Waals surface area (Å²) < 4.78 is 32.9. The Morgan fingerprint density at radius 2 is 2.15 bits per heavy atom. The number of hydrogen-bond donors (Lipinski definition) is 2. The Morgan fingerprint density at radius 1 is 1.45 bits per heavy atom. The highest BCUT2D eigenvalue weighted by molar-refractivity contribution is 9.10. The molecule has 0 saturated heterocycles. The van der Waals surface area contributed by atoms with E-state index in [1.807, 2.05) is 0 Å². The zero-order chi connectivity index (χ0) is 14.3. The Labute approximate surface area is 127 Å². The first-order chi connectivity index (χ1) is 9.45. The highest BCUT2D eigenvalue weighted by atomic mass is 79.9. The Kier molecular flexibility index (Phi) is 3.96. The molecule has 3 rings (SSSR count). The number of furan rings is 1. The Morgan fingerprint density at radius 3 is 2.75 bits per heavy atom. The molecule has 0 spiro atoms. The molecule has 112 valence electrons. The van der Waals surface area contributed by atoms with Gasteiger partial charge in [-0.05, 0) is 47.0 Å². The molecule has 2 aliphatic carbocycles. The second kappa shape index (κ2) is 5.44. The van der Waals surface area contributed by atoms with Gasteiger partial charge in [0.25, 0.3) is 0 Å². The fourth-order valence-electron chi connectivity index (χ4n) is 2.18. The molecule has 2 aliphatic rings. The molecule has 7 heteroatoms. The smallest absolute Gasteiger partial charge is 0.244 e. The van der Waals surface area contributed by atoms with Gasteiger partial charge >= 0.3 is 0 Å². The van der Waals surface area contributed by atoms with Crippen LogP contribution in [0, 0.1) is 11.8 Å². The van der Waals surface area contributed by atoms with Gasteiger partial charge in [0.05, 0.1) is 6.54 Å². The molecule has 0 aliphatic heterocycles. The van der Waals surface area contributed by atoms with Crippen molar-refractivity contribution in [1.82, 2.24) is 10.0 Å². The van der Waals surface area contributed by atoms with Crippen LogP contribution in [-0.4, -0.2) is 21.0 Å². The molecule has 0 aromatic carbocycles. The largest absolute Gasteiger partial charge is 0.452 e. The molecule has 1 aromatic heterocycles. The third-order valence-corrected chi connectivity index (χ3v) is 6.23. The van der Waals surface area contributed by atoms with Crippen LogP contribution in [0.4, 0.5) is 0 Å². The lowest BCUT2D eigenvalue weighted by molar-refractivity contribution is 0.460. The van der Waals surface area contributed by atoms with Crippen molar-refractivity contribution in [3.63, 3.8) is 0 Å². The van der Waals surface area contributed by atoms with Crippen LogP contribution < -0.4 is 10.0 Å². The lowest BCUT2D eigenvalue weighted by Crippen LogP contribution is -2.26. The predicted molar refractivity (Wildman–Crippen MR) is 78.7 cm³/mol. The molecule has 0 amide bonds. The molecule has 5 nitrogen and oxygen atoms in total. The standard InChI is InChI=1S/C13H19BrN2O3S/c1-8-4-9(8)6-16-20(17,18)12-5-11(19-13(12)14)7-15-10-2-3-10/h5,8-10,15-16H,2-4,6-7H2,1H3. The fourth-order valence-corrected chi connectivity index (χ4v) is 4.27. The molecule has 1 aromatic rings. The monoisotopic (exact) mass is 362 g/mol. The second-order valence-electron chi connectivity index (χ2n) is 5.83. The van der Waals surface area contributed by atoms with Crippen molar-refractivity contribution in [2.24, 2.45) is 11.8 Å². The minimum absolute atomic E-state index is 0.193. The van der Waals surface area contributed by atoms with E-state index in [0.717, 1.165) is 6.42 Å². The van der Waals surface area contributed by atoms with Crippen molar-refractivity contribution >= 4 is 26.0 Å². The van der Waals surface area contributed by atoms with Gasteiger partial charge in [-0.2, -0.15) is 0 Å². The van der Waals surface area contributed by atoms with Gasteiger partial charge in [0.2, 0.25) is 10.0 Å². The van der Waals surface area contributed by atoms with Gasteiger partial charge < -0.3 is 9.73 Å². The van der Waals surface area contributed by atoms with E-state index in [-0.39, 0.29) is 9.56 Å². The topological polar surface area (TPSA) is 71.3 Å². The second-order valence-corrected chi connectivity index (χ2v) is 8.29. The van der Waals surface area contributed by atoms with E-state index in [4.69, 9.17) is 4.42 Å². The summed E-state index contributed by atoms with van der Waals surface area (Å²) in [5.41, 5.74) is 0. The van der Waals surface area contributed by atoms with Crippen LogP contribution >= 0.6 is 15.9 Å². The van der Waals surface area contributed by atoms with Crippen molar-refractivity contribution in [1.29, 1.82) is 0 Å². The van der Waals surface area contributed by atoms with Crippen LogP contribution in [0.2, 0.25) is 0 Å². The lowest BCUT2D eigenvalue weighted by atomic mass is 10.3. The SMILES string of the molecule is CC1CC1CNS(=O)(=O)c1cc(CNC2CC2)oc1Br.